The van der Waals surface area contributed by atoms with Crippen molar-refractivity contribution in [1.29, 1.82) is 0 Å². The molecule has 0 saturated carbocycles. The molecule has 10 nitrogen and oxygen atoms in total. The fourth-order valence-electron chi connectivity index (χ4n) is 2.95. The molecule has 3 aromatic heterocycles. The molecule has 1 saturated heterocycles. The van der Waals surface area contributed by atoms with Gasteiger partial charge in [0.15, 0.2) is 16.7 Å². The smallest absolute Gasteiger partial charge is 0.262 e. The summed E-state index contributed by atoms with van der Waals surface area (Å²) < 4.78 is 30.3. The summed E-state index contributed by atoms with van der Waals surface area (Å²) in [4.78, 5) is 6.18. The Morgan fingerprint density at radius 3 is 2.30 bits per heavy atom. The van der Waals surface area contributed by atoms with Gasteiger partial charge in [0.25, 0.3) is 10.0 Å². The normalized spacial score (nSPS) is 16.0. The summed E-state index contributed by atoms with van der Waals surface area (Å²) in [6.07, 6.45) is 5.03. The van der Waals surface area contributed by atoms with Gasteiger partial charge in [-0.15, -0.1) is 10.2 Å². The summed E-state index contributed by atoms with van der Waals surface area (Å²) in [6.45, 7) is 3.62. The molecule has 1 aliphatic rings. The first-order chi connectivity index (χ1) is 12.9. The third-order valence-corrected chi connectivity index (χ3v) is 6.40. The van der Waals surface area contributed by atoms with E-state index in [0.29, 0.717) is 37.8 Å². The van der Waals surface area contributed by atoms with Crippen LogP contribution in [0.15, 0.2) is 41.8 Å². The lowest BCUT2D eigenvalue weighted by Crippen LogP contribution is -2.49. The van der Waals surface area contributed by atoms with Crippen molar-refractivity contribution >= 4 is 15.8 Å². The summed E-state index contributed by atoms with van der Waals surface area (Å²) in [7, 11) is -1.80. The standard InChI is InChI=1S/C16H20N8O2S/c1-13-18-16(12-21(13)2)27(25,26)23-10-8-22(9-11-23)14-4-5-15(20-19-14)24-7-3-6-17-24/h3-7,12H,8-11H2,1-2H3. The number of sulfonamides is 1. The van der Waals surface area contributed by atoms with Crippen molar-refractivity contribution in [3.63, 3.8) is 0 Å². The van der Waals surface area contributed by atoms with Gasteiger partial charge in [0, 0.05) is 51.8 Å². The molecule has 0 spiro atoms. The number of hydrogen-bond donors (Lipinski definition) is 0. The van der Waals surface area contributed by atoms with Crippen LogP contribution in [0.3, 0.4) is 0 Å². The lowest BCUT2D eigenvalue weighted by atomic mass is 10.3. The number of nitrogens with zero attached hydrogens (tertiary/aromatic N) is 8. The molecular weight excluding hydrogens is 368 g/mol. The van der Waals surface area contributed by atoms with Crippen molar-refractivity contribution in [1.82, 2.24) is 33.8 Å². The summed E-state index contributed by atoms with van der Waals surface area (Å²) in [5, 5.41) is 12.7. The highest BCUT2D eigenvalue weighted by atomic mass is 32.2. The lowest BCUT2D eigenvalue weighted by Gasteiger charge is -2.33. The topological polar surface area (TPSA) is 102 Å². The van der Waals surface area contributed by atoms with Crippen LogP contribution in [0.25, 0.3) is 5.82 Å². The molecule has 4 rings (SSSR count). The number of aryl methyl sites for hydroxylation is 2. The molecule has 3 aromatic rings. The highest BCUT2D eigenvalue weighted by molar-refractivity contribution is 7.89. The van der Waals surface area contributed by atoms with Crippen molar-refractivity contribution in [2.45, 2.75) is 11.9 Å². The van der Waals surface area contributed by atoms with Crippen LogP contribution < -0.4 is 4.90 Å². The molecule has 0 radical (unpaired) electrons. The largest absolute Gasteiger partial charge is 0.352 e. The van der Waals surface area contributed by atoms with E-state index in [1.54, 1.807) is 41.8 Å². The predicted octanol–water partition coefficient (Wildman–Crippen LogP) is 0.215. The minimum absolute atomic E-state index is 0.0966. The number of aromatic nitrogens is 6. The highest BCUT2D eigenvalue weighted by Crippen LogP contribution is 2.19. The maximum absolute atomic E-state index is 12.8. The monoisotopic (exact) mass is 388 g/mol. The van der Waals surface area contributed by atoms with Crippen molar-refractivity contribution in [3.8, 4) is 5.82 Å². The number of hydrogen-bond acceptors (Lipinski definition) is 7. The second-order valence-electron chi connectivity index (χ2n) is 6.33. The van der Waals surface area contributed by atoms with E-state index in [9.17, 15) is 8.42 Å². The summed E-state index contributed by atoms with van der Waals surface area (Å²) in [5.74, 6) is 2.02. The van der Waals surface area contributed by atoms with Gasteiger partial charge in [-0.05, 0) is 25.1 Å². The molecule has 0 aliphatic carbocycles. The molecule has 0 N–H and O–H groups in total. The van der Waals surface area contributed by atoms with Gasteiger partial charge in [0.05, 0.1) is 0 Å². The van der Waals surface area contributed by atoms with Gasteiger partial charge in [0.2, 0.25) is 0 Å². The van der Waals surface area contributed by atoms with Gasteiger partial charge in [-0.25, -0.2) is 18.1 Å². The van der Waals surface area contributed by atoms with Crippen molar-refractivity contribution < 1.29 is 8.42 Å². The third-order valence-electron chi connectivity index (χ3n) is 4.63. The minimum Gasteiger partial charge on any atom is -0.352 e. The summed E-state index contributed by atoms with van der Waals surface area (Å²) >= 11 is 0. The minimum atomic E-state index is -3.58. The molecule has 142 valence electrons. The Bertz CT molecular complexity index is 1000. The highest BCUT2D eigenvalue weighted by Gasteiger charge is 2.31. The Kier molecular flexibility index (Phi) is 4.40. The number of imidazole rings is 1. The number of rotatable bonds is 4. The quantitative estimate of drug-likeness (QED) is 0.630. The van der Waals surface area contributed by atoms with E-state index in [4.69, 9.17) is 0 Å². The molecule has 0 atom stereocenters. The molecule has 1 fully saturated rings. The van der Waals surface area contributed by atoms with E-state index in [-0.39, 0.29) is 5.03 Å². The van der Waals surface area contributed by atoms with Gasteiger partial charge >= 0.3 is 0 Å². The maximum atomic E-state index is 12.8. The van der Waals surface area contributed by atoms with Crippen LogP contribution in [0.1, 0.15) is 5.82 Å². The Morgan fingerprint density at radius 1 is 1.04 bits per heavy atom. The molecule has 0 aromatic carbocycles. The summed E-state index contributed by atoms with van der Waals surface area (Å²) in [6, 6.07) is 5.53. The second-order valence-corrected chi connectivity index (χ2v) is 8.21. The van der Waals surface area contributed by atoms with Crippen LogP contribution in [-0.2, 0) is 17.1 Å². The summed E-state index contributed by atoms with van der Waals surface area (Å²) in [5.41, 5.74) is 0. The third kappa shape index (κ3) is 3.30. The van der Waals surface area contributed by atoms with Gasteiger partial charge < -0.3 is 9.47 Å². The first-order valence-electron chi connectivity index (χ1n) is 8.54. The van der Waals surface area contributed by atoms with Crippen LogP contribution in [-0.4, -0.2) is 68.4 Å². The molecule has 11 heteroatoms. The first kappa shape index (κ1) is 17.6. The van der Waals surface area contributed by atoms with Crippen LogP contribution in [0.5, 0.6) is 0 Å². The molecular formula is C16H20N8O2S. The SMILES string of the molecule is Cc1nc(S(=O)(=O)N2CCN(c3ccc(-n4cccn4)nn3)CC2)cn1C. The van der Waals surface area contributed by atoms with Crippen molar-refractivity contribution in [2.24, 2.45) is 7.05 Å². The van der Waals surface area contributed by atoms with E-state index in [2.05, 4.69) is 20.3 Å². The van der Waals surface area contributed by atoms with Crippen LogP contribution in [0.4, 0.5) is 5.82 Å². The van der Waals surface area contributed by atoms with E-state index >= 15 is 0 Å². The number of piperazine rings is 1. The van der Waals surface area contributed by atoms with Gasteiger partial charge in [-0.1, -0.05) is 0 Å². The van der Waals surface area contributed by atoms with Gasteiger partial charge in [-0.2, -0.15) is 9.40 Å². The van der Waals surface area contributed by atoms with Crippen molar-refractivity contribution in [3.05, 3.63) is 42.6 Å². The Labute approximate surface area is 157 Å². The maximum Gasteiger partial charge on any atom is 0.262 e. The zero-order valence-electron chi connectivity index (χ0n) is 15.1. The average molecular weight is 388 g/mol. The number of anilines is 1. The fraction of sp³-hybridized carbons (Fsp3) is 0.375. The average Bonchev–Trinajstić information content (AvgIpc) is 3.33. The molecule has 0 unspecified atom stereocenters. The zero-order chi connectivity index (χ0) is 19.0. The molecule has 1 aliphatic heterocycles. The Balaban J connectivity index is 1.44. The van der Waals surface area contributed by atoms with E-state index < -0.39 is 10.0 Å². The van der Waals surface area contributed by atoms with Crippen LogP contribution in [0.2, 0.25) is 0 Å². The fourth-order valence-corrected chi connectivity index (χ4v) is 4.40. The van der Waals surface area contributed by atoms with E-state index in [0.717, 1.165) is 5.82 Å². The first-order valence-corrected chi connectivity index (χ1v) is 9.98. The Morgan fingerprint density at radius 2 is 1.74 bits per heavy atom. The second kappa shape index (κ2) is 6.74. The van der Waals surface area contributed by atoms with Gasteiger partial charge in [-0.3, -0.25) is 0 Å². The van der Waals surface area contributed by atoms with Crippen molar-refractivity contribution in [2.75, 3.05) is 31.1 Å². The van der Waals surface area contributed by atoms with Crippen LogP contribution in [0, 0.1) is 6.92 Å². The molecule has 4 heterocycles. The molecule has 27 heavy (non-hydrogen) atoms. The Hall–Kier alpha value is -2.79. The molecule has 0 bridgehead atoms. The predicted molar refractivity (Wildman–Crippen MR) is 98.1 cm³/mol. The van der Waals surface area contributed by atoms with E-state index in [1.165, 1.54) is 4.31 Å². The zero-order valence-corrected chi connectivity index (χ0v) is 15.9. The lowest BCUT2D eigenvalue weighted by molar-refractivity contribution is 0.382. The van der Waals surface area contributed by atoms with E-state index in [1.807, 2.05) is 23.1 Å². The van der Waals surface area contributed by atoms with Crippen LogP contribution >= 0.6 is 0 Å². The molecule has 0 amide bonds. The van der Waals surface area contributed by atoms with Gasteiger partial charge in [0.1, 0.15) is 5.82 Å².